The number of hydrogen-bond acceptors (Lipinski definition) is 7. The minimum absolute atomic E-state index is 0.204. The van der Waals surface area contributed by atoms with E-state index in [0.717, 1.165) is 0 Å². The Morgan fingerprint density at radius 1 is 1.04 bits per heavy atom. The van der Waals surface area contributed by atoms with Crippen LogP contribution in [0.2, 0.25) is 0 Å². The lowest BCUT2D eigenvalue weighted by Crippen LogP contribution is -2.58. The molecule has 0 radical (unpaired) electrons. The third-order valence-electron chi connectivity index (χ3n) is 3.55. The first-order chi connectivity index (χ1) is 12.5. The van der Waals surface area contributed by atoms with E-state index in [1.807, 2.05) is 0 Å². The lowest BCUT2D eigenvalue weighted by molar-refractivity contribution is -0.134. The number of rotatable bonds is 12. The number of hydrogen-bond donors (Lipinski definition) is 7. The van der Waals surface area contributed by atoms with Gasteiger partial charge in [-0.3, -0.25) is 19.2 Å². The highest BCUT2D eigenvalue weighted by Crippen LogP contribution is 2.01. The third-order valence-corrected chi connectivity index (χ3v) is 3.55. The van der Waals surface area contributed by atoms with Crippen LogP contribution in [0.15, 0.2) is 12.4 Å². The lowest BCUT2D eigenvalue weighted by Gasteiger charge is -2.24. The smallest absolute Gasteiger partial charge is 0.243 e. The van der Waals surface area contributed by atoms with E-state index in [1.54, 1.807) is 0 Å². The highest BCUT2D eigenvalue weighted by Gasteiger charge is 2.29. The Hall–Kier alpha value is -2.82. The summed E-state index contributed by atoms with van der Waals surface area (Å²) >= 11 is 0. The second-order valence-corrected chi connectivity index (χ2v) is 6.21. The van der Waals surface area contributed by atoms with Crippen molar-refractivity contribution < 1.29 is 24.3 Å². The summed E-state index contributed by atoms with van der Waals surface area (Å²) in [6.07, 6.45) is -0.557. The Balaban J connectivity index is 5.06. The molecule has 154 valence electrons. The highest BCUT2D eigenvalue weighted by atomic mass is 16.3. The molecule has 4 amide bonds. The summed E-state index contributed by atoms with van der Waals surface area (Å²) < 4.78 is 0. The quantitative estimate of drug-likeness (QED) is 0.176. The number of primary amides is 1. The Kier molecular flexibility index (Phi) is 10.5. The van der Waals surface area contributed by atoms with Gasteiger partial charge >= 0.3 is 0 Å². The van der Waals surface area contributed by atoms with Crippen molar-refractivity contribution in [1.82, 2.24) is 21.3 Å². The number of aliphatic hydroxyl groups excluding tert-OH is 1. The van der Waals surface area contributed by atoms with Crippen LogP contribution in [-0.4, -0.2) is 59.5 Å². The topological polar surface area (TPSA) is 189 Å². The SMILES string of the molecule is C=C(N)NCCC[C@H](NC(=O)[C@H](C)NC(C)=O)C(=O)NC(C(N)=O)[C@@H](C)O. The zero-order chi connectivity index (χ0) is 21.1. The molecule has 11 nitrogen and oxygen atoms in total. The van der Waals surface area contributed by atoms with Crippen LogP contribution in [0, 0.1) is 0 Å². The summed E-state index contributed by atoms with van der Waals surface area (Å²) in [5, 5.41) is 19.6. The van der Waals surface area contributed by atoms with Gasteiger partial charge in [0, 0.05) is 13.5 Å². The van der Waals surface area contributed by atoms with Gasteiger partial charge in [-0.25, -0.2) is 0 Å². The highest BCUT2D eigenvalue weighted by molar-refractivity contribution is 5.93. The summed E-state index contributed by atoms with van der Waals surface area (Å²) in [5.74, 6) is -2.30. The predicted molar refractivity (Wildman–Crippen MR) is 98.6 cm³/mol. The average Bonchev–Trinajstić information content (AvgIpc) is 2.53. The van der Waals surface area contributed by atoms with E-state index in [2.05, 4.69) is 27.8 Å². The van der Waals surface area contributed by atoms with Crippen LogP contribution >= 0.6 is 0 Å². The van der Waals surface area contributed by atoms with E-state index in [4.69, 9.17) is 11.5 Å². The average molecular weight is 386 g/mol. The number of nitrogens with one attached hydrogen (secondary N) is 4. The molecule has 0 aliphatic carbocycles. The van der Waals surface area contributed by atoms with Gasteiger partial charge < -0.3 is 37.8 Å². The molecule has 0 aromatic rings. The van der Waals surface area contributed by atoms with Gasteiger partial charge in [0.2, 0.25) is 23.6 Å². The van der Waals surface area contributed by atoms with Gasteiger partial charge in [-0.15, -0.1) is 0 Å². The van der Waals surface area contributed by atoms with Crippen molar-refractivity contribution in [3.8, 4) is 0 Å². The van der Waals surface area contributed by atoms with Crippen LogP contribution in [0.25, 0.3) is 0 Å². The normalized spacial score (nSPS) is 14.8. The Morgan fingerprint density at radius 2 is 1.63 bits per heavy atom. The molecule has 9 N–H and O–H groups in total. The van der Waals surface area contributed by atoms with Crippen molar-refractivity contribution in [2.75, 3.05) is 6.54 Å². The van der Waals surface area contributed by atoms with E-state index in [1.165, 1.54) is 20.8 Å². The van der Waals surface area contributed by atoms with Gasteiger partial charge in [-0.2, -0.15) is 0 Å². The minimum Gasteiger partial charge on any atom is -0.391 e. The van der Waals surface area contributed by atoms with Crippen LogP contribution in [0.5, 0.6) is 0 Å². The van der Waals surface area contributed by atoms with Gasteiger partial charge in [0.1, 0.15) is 18.1 Å². The van der Waals surface area contributed by atoms with Gasteiger partial charge in [0.25, 0.3) is 0 Å². The fourth-order valence-electron chi connectivity index (χ4n) is 2.17. The molecule has 4 atom stereocenters. The summed E-state index contributed by atoms with van der Waals surface area (Å²) in [5.41, 5.74) is 10.6. The standard InChI is InChI=1S/C16H30N6O5/c1-8(20-11(4)24)15(26)21-12(6-5-7-19-10(3)17)16(27)22-13(9(2)23)14(18)25/h8-9,12-13,19,23H,3,5-7,17H2,1-2,4H3,(H2,18,25)(H,20,24)(H,21,26)(H,22,27)/t8-,9+,12-,13?/m0/s1. The molecule has 0 aliphatic rings. The molecule has 0 spiro atoms. The Morgan fingerprint density at radius 3 is 2.07 bits per heavy atom. The summed E-state index contributed by atoms with van der Waals surface area (Å²) in [6, 6.07) is -3.17. The number of amides is 4. The van der Waals surface area contributed by atoms with Crippen molar-refractivity contribution >= 4 is 23.6 Å². The molecule has 1 unspecified atom stereocenters. The maximum absolute atomic E-state index is 12.5. The van der Waals surface area contributed by atoms with E-state index in [0.29, 0.717) is 13.0 Å². The fourth-order valence-corrected chi connectivity index (χ4v) is 2.17. The zero-order valence-corrected chi connectivity index (χ0v) is 15.9. The second kappa shape index (κ2) is 11.7. The van der Waals surface area contributed by atoms with Crippen LogP contribution in [0.4, 0.5) is 0 Å². The van der Waals surface area contributed by atoms with Crippen LogP contribution in [0.1, 0.15) is 33.6 Å². The Labute approximate surface area is 158 Å². The molecule has 27 heavy (non-hydrogen) atoms. The first-order valence-corrected chi connectivity index (χ1v) is 8.49. The third kappa shape index (κ3) is 10.0. The molecule has 0 heterocycles. The maximum atomic E-state index is 12.5. The predicted octanol–water partition coefficient (Wildman–Crippen LogP) is -2.85. The molecular formula is C16H30N6O5. The van der Waals surface area contributed by atoms with Crippen LogP contribution < -0.4 is 32.7 Å². The molecule has 11 heteroatoms. The summed E-state index contributed by atoms with van der Waals surface area (Å²) in [7, 11) is 0. The first kappa shape index (κ1) is 24.2. The summed E-state index contributed by atoms with van der Waals surface area (Å²) in [4.78, 5) is 47.1. The van der Waals surface area contributed by atoms with Crippen LogP contribution in [-0.2, 0) is 19.2 Å². The number of carbonyl (C=O) groups is 4. The van der Waals surface area contributed by atoms with Crippen molar-refractivity contribution in [3.05, 3.63) is 12.4 Å². The Bertz CT molecular complexity index is 566. The minimum atomic E-state index is -1.30. The number of nitrogens with two attached hydrogens (primary N) is 2. The fraction of sp³-hybridized carbons (Fsp3) is 0.625. The molecule has 0 saturated carbocycles. The van der Waals surface area contributed by atoms with Gasteiger partial charge in [-0.1, -0.05) is 6.58 Å². The maximum Gasteiger partial charge on any atom is 0.243 e. The largest absolute Gasteiger partial charge is 0.391 e. The molecule has 0 aromatic carbocycles. The van der Waals surface area contributed by atoms with Crippen molar-refractivity contribution in [1.29, 1.82) is 0 Å². The van der Waals surface area contributed by atoms with E-state index < -0.39 is 47.9 Å². The van der Waals surface area contributed by atoms with E-state index >= 15 is 0 Å². The summed E-state index contributed by atoms with van der Waals surface area (Å²) in [6.45, 7) is 7.92. The van der Waals surface area contributed by atoms with E-state index in [9.17, 15) is 24.3 Å². The molecule has 0 saturated heterocycles. The molecule has 0 rings (SSSR count). The zero-order valence-electron chi connectivity index (χ0n) is 15.9. The number of carbonyl (C=O) groups excluding carboxylic acids is 4. The van der Waals surface area contributed by atoms with Crippen LogP contribution in [0.3, 0.4) is 0 Å². The molecule has 0 aliphatic heterocycles. The molecule has 0 fully saturated rings. The first-order valence-electron chi connectivity index (χ1n) is 8.49. The van der Waals surface area contributed by atoms with Crippen molar-refractivity contribution in [2.45, 2.75) is 57.8 Å². The molecule has 0 aromatic heterocycles. The lowest BCUT2D eigenvalue weighted by atomic mass is 10.1. The van der Waals surface area contributed by atoms with Gasteiger partial charge in [0.05, 0.1) is 11.9 Å². The number of aliphatic hydroxyl groups is 1. The van der Waals surface area contributed by atoms with Crippen molar-refractivity contribution in [3.63, 3.8) is 0 Å². The van der Waals surface area contributed by atoms with Crippen molar-refractivity contribution in [2.24, 2.45) is 11.5 Å². The molecular weight excluding hydrogens is 356 g/mol. The second-order valence-electron chi connectivity index (χ2n) is 6.21. The van der Waals surface area contributed by atoms with E-state index in [-0.39, 0.29) is 12.2 Å². The van der Waals surface area contributed by atoms with Gasteiger partial charge in [0.15, 0.2) is 0 Å². The van der Waals surface area contributed by atoms with Gasteiger partial charge in [-0.05, 0) is 26.7 Å². The molecule has 0 bridgehead atoms. The monoisotopic (exact) mass is 386 g/mol.